The quantitative estimate of drug-likeness (QED) is 0.773. The number of carboxylic acid groups (broad SMARTS) is 1. The molecule has 0 aromatic heterocycles. The van der Waals surface area contributed by atoms with E-state index >= 15 is 0 Å². The van der Waals surface area contributed by atoms with Crippen LogP contribution in [0.2, 0.25) is 0 Å². The molecule has 0 aliphatic rings. The summed E-state index contributed by atoms with van der Waals surface area (Å²) in [6.45, 7) is 6.03. The maximum absolute atomic E-state index is 12.1. The second kappa shape index (κ2) is 7.56. The number of nitrogens with one attached hydrogen (secondary N) is 1. The molecule has 21 heavy (non-hydrogen) atoms. The van der Waals surface area contributed by atoms with Crippen molar-refractivity contribution in [3.8, 4) is 0 Å². The van der Waals surface area contributed by atoms with Crippen LogP contribution in [-0.4, -0.2) is 25.5 Å². The van der Waals surface area contributed by atoms with Crippen LogP contribution in [0.4, 0.5) is 0 Å². The minimum Gasteiger partial charge on any atom is -0.478 e. The average Bonchev–Trinajstić information content (AvgIpc) is 2.35. The Hall–Kier alpha value is -1.40. The van der Waals surface area contributed by atoms with Gasteiger partial charge >= 0.3 is 5.97 Å². The fourth-order valence-electron chi connectivity index (χ4n) is 2.00. The molecule has 0 heterocycles. The van der Waals surface area contributed by atoms with Gasteiger partial charge in [-0.05, 0) is 43.4 Å². The predicted molar refractivity (Wildman–Crippen MR) is 82.7 cm³/mol. The molecule has 5 nitrogen and oxygen atoms in total. The van der Waals surface area contributed by atoms with E-state index in [1.165, 1.54) is 12.1 Å². The standard InChI is InChI=1S/C15H23NO4S/c1-11(2)7-8-12(3)16-21(19,20)10-13-5-4-6-14(9-13)15(17)18/h4-6,9,11-12,16H,7-8,10H2,1-3H3,(H,17,18). The Kier molecular flexibility index (Phi) is 6.36. The average molecular weight is 313 g/mol. The number of carboxylic acids is 1. The molecule has 1 aromatic carbocycles. The van der Waals surface area contributed by atoms with E-state index < -0.39 is 16.0 Å². The van der Waals surface area contributed by atoms with Gasteiger partial charge in [0, 0.05) is 6.04 Å². The Morgan fingerprint density at radius 1 is 1.24 bits per heavy atom. The van der Waals surface area contributed by atoms with Crippen LogP contribution in [0.15, 0.2) is 24.3 Å². The van der Waals surface area contributed by atoms with E-state index in [0.29, 0.717) is 11.5 Å². The van der Waals surface area contributed by atoms with Crippen LogP contribution in [0.5, 0.6) is 0 Å². The maximum atomic E-state index is 12.1. The molecule has 0 bridgehead atoms. The first kappa shape index (κ1) is 17.7. The second-order valence-corrected chi connectivity index (χ2v) is 7.51. The molecule has 0 amide bonds. The van der Waals surface area contributed by atoms with Crippen molar-refractivity contribution in [2.75, 3.05) is 0 Å². The molecule has 2 N–H and O–H groups in total. The minimum absolute atomic E-state index is 0.0931. The van der Waals surface area contributed by atoms with Crippen LogP contribution in [0.1, 0.15) is 49.5 Å². The van der Waals surface area contributed by atoms with Gasteiger partial charge in [0.1, 0.15) is 0 Å². The fraction of sp³-hybridized carbons (Fsp3) is 0.533. The zero-order chi connectivity index (χ0) is 16.0. The van der Waals surface area contributed by atoms with Crippen LogP contribution in [0, 0.1) is 5.92 Å². The number of benzene rings is 1. The summed E-state index contributed by atoms with van der Waals surface area (Å²) in [4.78, 5) is 10.9. The summed E-state index contributed by atoms with van der Waals surface area (Å²) in [5.41, 5.74) is 0.564. The molecule has 1 rings (SSSR count). The van der Waals surface area contributed by atoms with Crippen LogP contribution >= 0.6 is 0 Å². The molecular weight excluding hydrogens is 290 g/mol. The molecule has 0 saturated heterocycles. The van der Waals surface area contributed by atoms with Crippen molar-refractivity contribution in [2.45, 2.75) is 45.4 Å². The molecule has 6 heteroatoms. The predicted octanol–water partition coefficient (Wildman–Crippen LogP) is 2.63. The smallest absolute Gasteiger partial charge is 0.335 e. The van der Waals surface area contributed by atoms with Gasteiger partial charge < -0.3 is 5.11 Å². The number of hydrogen-bond donors (Lipinski definition) is 2. The van der Waals surface area contributed by atoms with E-state index in [2.05, 4.69) is 18.6 Å². The van der Waals surface area contributed by atoms with Crippen LogP contribution in [0.3, 0.4) is 0 Å². The van der Waals surface area contributed by atoms with Crippen LogP contribution < -0.4 is 4.72 Å². The van der Waals surface area contributed by atoms with Gasteiger partial charge in [-0.3, -0.25) is 0 Å². The molecule has 0 aliphatic heterocycles. The van der Waals surface area contributed by atoms with E-state index in [1.807, 2.05) is 6.92 Å². The number of sulfonamides is 1. The number of aromatic carboxylic acids is 1. The highest BCUT2D eigenvalue weighted by Crippen LogP contribution is 2.11. The maximum Gasteiger partial charge on any atom is 0.335 e. The third-order valence-electron chi connectivity index (χ3n) is 3.09. The van der Waals surface area contributed by atoms with Crippen molar-refractivity contribution >= 4 is 16.0 Å². The molecule has 0 spiro atoms. The van der Waals surface area contributed by atoms with E-state index in [-0.39, 0.29) is 17.4 Å². The molecule has 0 radical (unpaired) electrons. The van der Waals surface area contributed by atoms with E-state index in [4.69, 9.17) is 5.11 Å². The third-order valence-corrected chi connectivity index (χ3v) is 4.56. The number of hydrogen-bond acceptors (Lipinski definition) is 3. The lowest BCUT2D eigenvalue weighted by atomic mass is 10.1. The first-order valence-electron chi connectivity index (χ1n) is 7.02. The molecule has 0 fully saturated rings. The van der Waals surface area contributed by atoms with Crippen molar-refractivity contribution in [3.63, 3.8) is 0 Å². The SMILES string of the molecule is CC(C)CCC(C)NS(=O)(=O)Cc1cccc(C(=O)O)c1. The Balaban J connectivity index is 2.67. The third kappa shape index (κ3) is 6.73. The van der Waals surface area contributed by atoms with Gasteiger partial charge in [0.05, 0.1) is 11.3 Å². The van der Waals surface area contributed by atoms with Gasteiger partial charge in [-0.2, -0.15) is 0 Å². The Morgan fingerprint density at radius 3 is 2.48 bits per heavy atom. The first-order valence-corrected chi connectivity index (χ1v) is 8.67. The van der Waals surface area contributed by atoms with Gasteiger partial charge in [0.25, 0.3) is 0 Å². The largest absolute Gasteiger partial charge is 0.478 e. The number of carbonyl (C=O) groups is 1. The lowest BCUT2D eigenvalue weighted by Crippen LogP contribution is -2.33. The van der Waals surface area contributed by atoms with E-state index in [0.717, 1.165) is 12.8 Å². The topological polar surface area (TPSA) is 83.5 Å². The molecule has 1 atom stereocenters. The summed E-state index contributed by atoms with van der Waals surface area (Å²) in [6.07, 6.45) is 1.74. The van der Waals surface area contributed by atoms with E-state index in [1.54, 1.807) is 12.1 Å². The highest BCUT2D eigenvalue weighted by Gasteiger charge is 2.16. The summed E-state index contributed by atoms with van der Waals surface area (Å²) < 4.78 is 26.8. The molecule has 118 valence electrons. The van der Waals surface area contributed by atoms with Crippen LogP contribution in [-0.2, 0) is 15.8 Å². The zero-order valence-corrected chi connectivity index (χ0v) is 13.5. The van der Waals surface area contributed by atoms with E-state index in [9.17, 15) is 13.2 Å². The summed E-state index contributed by atoms with van der Waals surface area (Å²) in [7, 11) is -3.47. The summed E-state index contributed by atoms with van der Waals surface area (Å²) >= 11 is 0. The Bertz CT molecular complexity index is 581. The summed E-state index contributed by atoms with van der Waals surface area (Å²) in [5.74, 6) is -0.739. The fourth-order valence-corrected chi connectivity index (χ4v) is 3.44. The number of rotatable bonds is 8. The normalized spacial score (nSPS) is 13.3. The monoisotopic (exact) mass is 313 g/mol. The van der Waals surface area contributed by atoms with Crippen molar-refractivity contribution in [3.05, 3.63) is 35.4 Å². The Morgan fingerprint density at radius 2 is 1.90 bits per heavy atom. The van der Waals surface area contributed by atoms with Gasteiger partial charge in [0.2, 0.25) is 10.0 Å². The van der Waals surface area contributed by atoms with Gasteiger partial charge in [-0.1, -0.05) is 26.0 Å². The van der Waals surface area contributed by atoms with Crippen LogP contribution in [0.25, 0.3) is 0 Å². The highest BCUT2D eigenvalue weighted by molar-refractivity contribution is 7.88. The van der Waals surface area contributed by atoms with Gasteiger partial charge in [0.15, 0.2) is 0 Å². The molecular formula is C15H23NO4S. The zero-order valence-electron chi connectivity index (χ0n) is 12.7. The minimum atomic E-state index is -3.47. The van der Waals surface area contributed by atoms with Crippen molar-refractivity contribution < 1.29 is 18.3 Å². The Labute approximate surface area is 126 Å². The van der Waals surface area contributed by atoms with Crippen molar-refractivity contribution in [2.24, 2.45) is 5.92 Å². The lowest BCUT2D eigenvalue weighted by molar-refractivity contribution is 0.0696. The molecule has 1 aromatic rings. The van der Waals surface area contributed by atoms with Crippen molar-refractivity contribution in [1.82, 2.24) is 4.72 Å². The summed E-state index contributed by atoms with van der Waals surface area (Å²) in [6, 6.07) is 5.87. The summed E-state index contributed by atoms with van der Waals surface area (Å²) in [5, 5.41) is 8.91. The molecule has 1 unspecified atom stereocenters. The second-order valence-electron chi connectivity index (χ2n) is 5.75. The highest BCUT2D eigenvalue weighted by atomic mass is 32.2. The molecule has 0 saturated carbocycles. The molecule has 0 aliphatic carbocycles. The van der Waals surface area contributed by atoms with Gasteiger partial charge in [-0.25, -0.2) is 17.9 Å². The van der Waals surface area contributed by atoms with Gasteiger partial charge in [-0.15, -0.1) is 0 Å². The van der Waals surface area contributed by atoms with Crippen molar-refractivity contribution in [1.29, 1.82) is 0 Å². The lowest BCUT2D eigenvalue weighted by Gasteiger charge is -2.15. The first-order chi connectivity index (χ1) is 9.69.